The maximum atomic E-state index is 13.1. The standard InChI is InChI=1S/C12H8BrF4N3O/c13-8-2-1-7(14)5-9(8)21-11-4-6(12(15,16)17)3-10(19-11)20-18/h1-5H,18H2,(H,19,20). The molecule has 0 saturated carbocycles. The van der Waals surface area contributed by atoms with E-state index in [4.69, 9.17) is 10.6 Å². The predicted molar refractivity (Wildman–Crippen MR) is 71.2 cm³/mol. The number of nitrogens with two attached hydrogens (primary N) is 1. The number of hydrogen-bond donors (Lipinski definition) is 2. The second kappa shape index (κ2) is 5.86. The molecular weight excluding hydrogens is 358 g/mol. The van der Waals surface area contributed by atoms with Crippen LogP contribution >= 0.6 is 15.9 Å². The Morgan fingerprint density at radius 3 is 2.52 bits per heavy atom. The third kappa shape index (κ3) is 3.82. The largest absolute Gasteiger partial charge is 0.438 e. The molecule has 0 aliphatic carbocycles. The van der Waals surface area contributed by atoms with Crippen molar-refractivity contribution in [3.63, 3.8) is 0 Å². The molecule has 3 N–H and O–H groups in total. The van der Waals surface area contributed by atoms with E-state index in [1.807, 2.05) is 5.43 Å². The van der Waals surface area contributed by atoms with Crippen LogP contribution in [0.2, 0.25) is 0 Å². The van der Waals surface area contributed by atoms with E-state index >= 15 is 0 Å². The van der Waals surface area contributed by atoms with Crippen LogP contribution in [0.1, 0.15) is 5.56 Å². The third-order valence-electron chi connectivity index (χ3n) is 2.38. The van der Waals surface area contributed by atoms with Gasteiger partial charge in [-0.3, -0.25) is 0 Å². The zero-order valence-electron chi connectivity index (χ0n) is 10.2. The van der Waals surface area contributed by atoms with Crippen molar-refractivity contribution in [3.05, 3.63) is 46.2 Å². The lowest BCUT2D eigenvalue weighted by Gasteiger charge is -2.12. The fourth-order valence-electron chi connectivity index (χ4n) is 1.46. The van der Waals surface area contributed by atoms with Crippen LogP contribution in [-0.4, -0.2) is 4.98 Å². The number of halogens is 5. The number of rotatable bonds is 3. The molecule has 0 aliphatic heterocycles. The number of nitrogens with one attached hydrogen (secondary N) is 1. The molecule has 1 aromatic carbocycles. The molecule has 0 aliphatic rings. The summed E-state index contributed by atoms with van der Waals surface area (Å²) in [5.74, 6) is 3.86. The average Bonchev–Trinajstić information content (AvgIpc) is 2.41. The van der Waals surface area contributed by atoms with E-state index in [1.165, 1.54) is 12.1 Å². The van der Waals surface area contributed by atoms with E-state index < -0.39 is 17.6 Å². The highest BCUT2D eigenvalue weighted by molar-refractivity contribution is 9.10. The summed E-state index contributed by atoms with van der Waals surface area (Å²) in [6.07, 6.45) is -4.59. The summed E-state index contributed by atoms with van der Waals surface area (Å²) in [5.41, 5.74) is 1.02. The number of nitrogen functional groups attached to an aromatic ring is 1. The molecule has 0 atom stereocenters. The van der Waals surface area contributed by atoms with Gasteiger partial charge in [0.1, 0.15) is 17.4 Å². The third-order valence-corrected chi connectivity index (χ3v) is 3.04. The van der Waals surface area contributed by atoms with Gasteiger partial charge < -0.3 is 10.2 Å². The summed E-state index contributed by atoms with van der Waals surface area (Å²) in [7, 11) is 0. The van der Waals surface area contributed by atoms with Crippen LogP contribution < -0.4 is 16.0 Å². The molecule has 9 heteroatoms. The molecule has 4 nitrogen and oxygen atoms in total. The molecular formula is C12H8BrF4N3O. The number of hydrogen-bond acceptors (Lipinski definition) is 4. The van der Waals surface area contributed by atoms with Gasteiger partial charge in [-0.15, -0.1) is 0 Å². The van der Waals surface area contributed by atoms with Crippen LogP contribution in [0.4, 0.5) is 23.4 Å². The van der Waals surface area contributed by atoms with Crippen molar-refractivity contribution in [1.82, 2.24) is 4.98 Å². The van der Waals surface area contributed by atoms with E-state index in [0.717, 1.165) is 12.1 Å². The number of nitrogens with zero attached hydrogens (tertiary/aromatic N) is 1. The molecule has 2 aromatic rings. The molecule has 21 heavy (non-hydrogen) atoms. The summed E-state index contributed by atoms with van der Waals surface area (Å²) in [5, 5.41) is 0. The maximum Gasteiger partial charge on any atom is 0.416 e. The Balaban J connectivity index is 2.42. The van der Waals surface area contributed by atoms with Crippen LogP contribution in [-0.2, 0) is 6.18 Å². The minimum atomic E-state index is -4.59. The first-order valence-corrected chi connectivity index (χ1v) is 6.27. The molecule has 1 heterocycles. The molecule has 0 saturated heterocycles. The molecule has 0 radical (unpaired) electrons. The molecule has 0 fully saturated rings. The Morgan fingerprint density at radius 2 is 1.90 bits per heavy atom. The normalized spacial score (nSPS) is 11.3. The van der Waals surface area contributed by atoms with Crippen LogP contribution in [0, 0.1) is 5.82 Å². The van der Waals surface area contributed by atoms with Crippen molar-refractivity contribution >= 4 is 21.7 Å². The number of ether oxygens (including phenoxy) is 1. The monoisotopic (exact) mass is 365 g/mol. The Bertz CT molecular complexity index is 663. The molecule has 0 amide bonds. The van der Waals surface area contributed by atoms with Crippen molar-refractivity contribution in [2.45, 2.75) is 6.18 Å². The van der Waals surface area contributed by atoms with Gasteiger partial charge in [0.2, 0.25) is 5.88 Å². The van der Waals surface area contributed by atoms with Gasteiger partial charge >= 0.3 is 6.18 Å². The maximum absolute atomic E-state index is 13.1. The van der Waals surface area contributed by atoms with Gasteiger partial charge in [0, 0.05) is 12.1 Å². The number of hydrazine groups is 1. The first-order chi connectivity index (χ1) is 9.79. The Labute approximate surface area is 125 Å². The lowest BCUT2D eigenvalue weighted by molar-refractivity contribution is -0.137. The number of benzene rings is 1. The number of alkyl halides is 3. The molecule has 0 spiro atoms. The van der Waals surface area contributed by atoms with E-state index in [0.29, 0.717) is 10.5 Å². The second-order valence-electron chi connectivity index (χ2n) is 3.90. The van der Waals surface area contributed by atoms with Gasteiger partial charge in [0.05, 0.1) is 10.0 Å². The topological polar surface area (TPSA) is 60.2 Å². The Morgan fingerprint density at radius 1 is 1.19 bits per heavy atom. The van der Waals surface area contributed by atoms with Crippen molar-refractivity contribution < 1.29 is 22.3 Å². The van der Waals surface area contributed by atoms with Gasteiger partial charge in [-0.2, -0.15) is 18.2 Å². The van der Waals surface area contributed by atoms with Gasteiger partial charge in [-0.25, -0.2) is 10.2 Å². The summed E-state index contributed by atoms with van der Waals surface area (Å²) < 4.78 is 56.9. The van der Waals surface area contributed by atoms with Crippen LogP contribution in [0.3, 0.4) is 0 Å². The fourth-order valence-corrected chi connectivity index (χ4v) is 1.79. The summed E-state index contributed by atoms with van der Waals surface area (Å²) in [6, 6.07) is 4.97. The SMILES string of the molecule is NNc1cc(C(F)(F)F)cc(Oc2cc(F)ccc2Br)n1. The molecule has 0 bridgehead atoms. The smallest absolute Gasteiger partial charge is 0.416 e. The average molecular weight is 366 g/mol. The van der Waals surface area contributed by atoms with Gasteiger partial charge in [-0.1, -0.05) is 0 Å². The number of aromatic nitrogens is 1. The van der Waals surface area contributed by atoms with Crippen molar-refractivity contribution in [3.8, 4) is 11.6 Å². The summed E-state index contributed by atoms with van der Waals surface area (Å²) in [4.78, 5) is 3.73. The van der Waals surface area contributed by atoms with Gasteiger partial charge in [-0.05, 0) is 34.1 Å². The highest BCUT2D eigenvalue weighted by atomic mass is 79.9. The molecule has 112 valence electrons. The predicted octanol–water partition coefficient (Wildman–Crippen LogP) is 4.08. The Hall–Kier alpha value is -1.87. The number of pyridine rings is 1. The zero-order valence-corrected chi connectivity index (χ0v) is 11.8. The first kappa shape index (κ1) is 15.5. The van der Waals surface area contributed by atoms with Crippen LogP contribution in [0.5, 0.6) is 11.6 Å². The molecule has 2 rings (SSSR count). The van der Waals surface area contributed by atoms with E-state index in [-0.39, 0.29) is 17.4 Å². The highest BCUT2D eigenvalue weighted by Crippen LogP contribution is 2.35. The first-order valence-electron chi connectivity index (χ1n) is 5.48. The summed E-state index contributed by atoms with van der Waals surface area (Å²) >= 11 is 3.10. The van der Waals surface area contributed by atoms with Gasteiger partial charge in [0.25, 0.3) is 0 Å². The van der Waals surface area contributed by atoms with E-state index in [9.17, 15) is 17.6 Å². The summed E-state index contributed by atoms with van der Waals surface area (Å²) in [6.45, 7) is 0. The van der Waals surface area contributed by atoms with Crippen molar-refractivity contribution in [2.24, 2.45) is 5.84 Å². The van der Waals surface area contributed by atoms with Gasteiger partial charge in [0.15, 0.2) is 0 Å². The minimum absolute atomic E-state index is 0.00945. The van der Waals surface area contributed by atoms with E-state index in [1.54, 1.807) is 0 Å². The number of anilines is 1. The highest BCUT2D eigenvalue weighted by Gasteiger charge is 2.32. The van der Waals surface area contributed by atoms with Crippen molar-refractivity contribution in [1.29, 1.82) is 0 Å². The quantitative estimate of drug-likeness (QED) is 0.488. The molecule has 1 aromatic heterocycles. The van der Waals surface area contributed by atoms with Crippen molar-refractivity contribution in [2.75, 3.05) is 5.43 Å². The zero-order chi connectivity index (χ0) is 15.6. The lowest BCUT2D eigenvalue weighted by atomic mass is 10.2. The second-order valence-corrected chi connectivity index (χ2v) is 4.75. The minimum Gasteiger partial charge on any atom is -0.438 e. The lowest BCUT2D eigenvalue weighted by Crippen LogP contribution is -2.12. The fraction of sp³-hybridized carbons (Fsp3) is 0.0833. The van der Waals surface area contributed by atoms with Crippen LogP contribution in [0.15, 0.2) is 34.8 Å². The van der Waals surface area contributed by atoms with E-state index in [2.05, 4.69) is 20.9 Å². The Kier molecular flexibility index (Phi) is 4.33. The van der Waals surface area contributed by atoms with Crippen LogP contribution in [0.25, 0.3) is 0 Å². The molecule has 0 unspecified atom stereocenters.